The molecule has 0 atom stereocenters. The molecule has 0 N–H and O–H groups in total. The van der Waals surface area contributed by atoms with Gasteiger partial charge in [0.2, 0.25) is 0 Å². The van der Waals surface area contributed by atoms with Crippen LogP contribution in [-0.4, -0.2) is 17.0 Å². The Morgan fingerprint density at radius 2 is 2.00 bits per heavy atom. The number of rotatable bonds is 1. The van der Waals surface area contributed by atoms with E-state index in [9.17, 15) is 5.21 Å². The lowest BCUT2D eigenvalue weighted by Gasteiger charge is -2.04. The van der Waals surface area contributed by atoms with Gasteiger partial charge < -0.3 is 5.21 Å². The summed E-state index contributed by atoms with van der Waals surface area (Å²) in [5.74, 6) is 0. The standard InChI is InChI=1S/C5H11NO/c1-4-6(7)5(2)3/h4-5H,1-3H3. The van der Waals surface area contributed by atoms with Crippen molar-refractivity contribution in [1.29, 1.82) is 0 Å². The third-order valence-electron chi connectivity index (χ3n) is 0.763. The van der Waals surface area contributed by atoms with Crippen LogP contribution in [0.5, 0.6) is 0 Å². The van der Waals surface area contributed by atoms with Gasteiger partial charge >= 0.3 is 0 Å². The maximum absolute atomic E-state index is 10.4. The van der Waals surface area contributed by atoms with Gasteiger partial charge in [-0.2, -0.15) is 0 Å². The Morgan fingerprint density at radius 3 is 2.00 bits per heavy atom. The van der Waals surface area contributed by atoms with Crippen LogP contribution in [-0.2, 0) is 0 Å². The average molecular weight is 101 g/mol. The number of hydrogen-bond acceptors (Lipinski definition) is 1. The second-order valence-corrected chi connectivity index (χ2v) is 1.71. The Labute approximate surface area is 44.1 Å². The lowest BCUT2D eigenvalue weighted by atomic mass is 10.4. The largest absolute Gasteiger partial charge is 0.624 e. The van der Waals surface area contributed by atoms with E-state index in [1.165, 1.54) is 6.21 Å². The summed E-state index contributed by atoms with van der Waals surface area (Å²) in [7, 11) is 0. The van der Waals surface area contributed by atoms with Crippen LogP contribution in [0.15, 0.2) is 0 Å². The second kappa shape index (κ2) is 2.61. The Bertz CT molecular complexity index is 76.1. The molecule has 0 saturated carbocycles. The molecule has 0 aliphatic rings. The molecule has 0 aromatic heterocycles. The van der Waals surface area contributed by atoms with Crippen LogP contribution in [0.25, 0.3) is 0 Å². The van der Waals surface area contributed by atoms with Crippen molar-refractivity contribution in [3.63, 3.8) is 0 Å². The first-order valence-electron chi connectivity index (χ1n) is 2.43. The fourth-order valence-corrected chi connectivity index (χ4v) is 0.298. The predicted octanol–water partition coefficient (Wildman–Crippen LogP) is 0.996. The van der Waals surface area contributed by atoms with Gasteiger partial charge in [0, 0.05) is 6.92 Å². The lowest BCUT2D eigenvalue weighted by Crippen LogP contribution is -2.12. The van der Waals surface area contributed by atoms with Crippen molar-refractivity contribution in [3.8, 4) is 0 Å². The highest BCUT2D eigenvalue weighted by atomic mass is 16.5. The lowest BCUT2D eigenvalue weighted by molar-refractivity contribution is -0.487. The Kier molecular flexibility index (Phi) is 2.41. The molecule has 0 aliphatic heterocycles. The van der Waals surface area contributed by atoms with Gasteiger partial charge in [0.1, 0.15) is 6.21 Å². The van der Waals surface area contributed by atoms with Gasteiger partial charge in [-0.1, -0.05) is 0 Å². The molecule has 42 valence electrons. The maximum Gasteiger partial charge on any atom is 0.157 e. The Morgan fingerprint density at radius 1 is 1.57 bits per heavy atom. The van der Waals surface area contributed by atoms with Crippen molar-refractivity contribution in [3.05, 3.63) is 5.21 Å². The third-order valence-corrected chi connectivity index (χ3v) is 0.763. The van der Waals surface area contributed by atoms with E-state index in [1.54, 1.807) is 6.92 Å². The summed E-state index contributed by atoms with van der Waals surface area (Å²) in [5, 5.41) is 10.4. The summed E-state index contributed by atoms with van der Waals surface area (Å²) in [6, 6.07) is 0.0880. The molecule has 2 nitrogen and oxygen atoms in total. The number of hydrogen-bond donors (Lipinski definition) is 0. The van der Waals surface area contributed by atoms with Gasteiger partial charge in [0.25, 0.3) is 0 Å². The van der Waals surface area contributed by atoms with Gasteiger partial charge in [-0.05, 0) is 13.8 Å². The first kappa shape index (κ1) is 6.47. The van der Waals surface area contributed by atoms with Crippen molar-refractivity contribution in [2.45, 2.75) is 26.8 Å². The van der Waals surface area contributed by atoms with Crippen LogP contribution < -0.4 is 0 Å². The van der Waals surface area contributed by atoms with Crippen LogP contribution >= 0.6 is 0 Å². The van der Waals surface area contributed by atoms with E-state index in [2.05, 4.69) is 0 Å². The molecular weight excluding hydrogens is 90.1 g/mol. The normalized spacial score (nSPS) is 12.9. The van der Waals surface area contributed by atoms with Crippen molar-refractivity contribution in [2.24, 2.45) is 0 Å². The van der Waals surface area contributed by atoms with Gasteiger partial charge in [-0.15, -0.1) is 0 Å². The van der Waals surface area contributed by atoms with E-state index in [-0.39, 0.29) is 6.04 Å². The summed E-state index contributed by atoms with van der Waals surface area (Å²) >= 11 is 0. The zero-order chi connectivity index (χ0) is 5.86. The Balaban J connectivity index is 3.56. The van der Waals surface area contributed by atoms with Crippen LogP contribution in [0, 0.1) is 5.21 Å². The van der Waals surface area contributed by atoms with E-state index < -0.39 is 0 Å². The van der Waals surface area contributed by atoms with E-state index in [0.717, 1.165) is 4.74 Å². The monoisotopic (exact) mass is 101 g/mol. The molecule has 7 heavy (non-hydrogen) atoms. The highest BCUT2D eigenvalue weighted by Crippen LogP contribution is 1.81. The highest BCUT2D eigenvalue weighted by molar-refractivity contribution is 5.46. The first-order valence-corrected chi connectivity index (χ1v) is 2.43. The summed E-state index contributed by atoms with van der Waals surface area (Å²) in [5.41, 5.74) is 0. The van der Waals surface area contributed by atoms with Gasteiger partial charge in [-0.25, -0.2) is 4.74 Å². The van der Waals surface area contributed by atoms with E-state index in [4.69, 9.17) is 0 Å². The predicted molar refractivity (Wildman–Crippen MR) is 30.5 cm³/mol. The zero-order valence-electron chi connectivity index (χ0n) is 5.01. The molecule has 0 rings (SSSR count). The first-order chi connectivity index (χ1) is 3.18. The van der Waals surface area contributed by atoms with Gasteiger partial charge in [-0.3, -0.25) is 0 Å². The molecular formula is C5H11NO. The summed E-state index contributed by atoms with van der Waals surface area (Å²) in [6.07, 6.45) is 1.52. The van der Waals surface area contributed by atoms with Crippen molar-refractivity contribution >= 4 is 6.21 Å². The summed E-state index contributed by atoms with van der Waals surface area (Å²) < 4.78 is 0.917. The molecule has 0 amide bonds. The minimum absolute atomic E-state index is 0.0880. The van der Waals surface area contributed by atoms with Crippen molar-refractivity contribution < 1.29 is 4.74 Å². The number of hydroxylamine groups is 1. The minimum atomic E-state index is 0.0880. The molecule has 0 fully saturated rings. The van der Waals surface area contributed by atoms with Gasteiger partial charge in [0.15, 0.2) is 6.04 Å². The van der Waals surface area contributed by atoms with Crippen molar-refractivity contribution in [2.75, 3.05) is 0 Å². The molecule has 0 heterocycles. The molecule has 0 spiro atoms. The van der Waals surface area contributed by atoms with Crippen LogP contribution in [0.2, 0.25) is 0 Å². The summed E-state index contributed by atoms with van der Waals surface area (Å²) in [6.45, 7) is 5.44. The summed E-state index contributed by atoms with van der Waals surface area (Å²) in [4.78, 5) is 0. The molecule has 0 bridgehead atoms. The third kappa shape index (κ3) is 2.20. The molecule has 0 aromatic carbocycles. The Hall–Kier alpha value is -0.530. The topological polar surface area (TPSA) is 26.1 Å². The van der Waals surface area contributed by atoms with E-state index in [1.807, 2.05) is 13.8 Å². The van der Waals surface area contributed by atoms with Crippen LogP contribution in [0.4, 0.5) is 0 Å². The average Bonchev–Trinajstić information content (AvgIpc) is 1.65. The molecule has 0 saturated heterocycles. The SMILES string of the molecule is CC=[N+]([O-])C(C)C. The molecule has 0 aromatic rings. The van der Waals surface area contributed by atoms with E-state index >= 15 is 0 Å². The molecule has 0 unspecified atom stereocenters. The van der Waals surface area contributed by atoms with E-state index in [0.29, 0.717) is 0 Å². The zero-order valence-corrected chi connectivity index (χ0v) is 5.01. The minimum Gasteiger partial charge on any atom is -0.624 e. The molecule has 0 aliphatic carbocycles. The van der Waals surface area contributed by atoms with Crippen molar-refractivity contribution in [1.82, 2.24) is 0 Å². The number of nitrogens with zero attached hydrogens (tertiary/aromatic N) is 1. The fourth-order valence-electron chi connectivity index (χ4n) is 0.298. The molecule has 0 radical (unpaired) electrons. The maximum atomic E-state index is 10.4. The highest BCUT2D eigenvalue weighted by Gasteiger charge is 1.93. The van der Waals surface area contributed by atoms with Gasteiger partial charge in [0.05, 0.1) is 0 Å². The fraction of sp³-hybridized carbons (Fsp3) is 0.800. The smallest absolute Gasteiger partial charge is 0.157 e. The quantitative estimate of drug-likeness (QED) is 0.209. The second-order valence-electron chi connectivity index (χ2n) is 1.71. The van der Waals surface area contributed by atoms with Crippen LogP contribution in [0.1, 0.15) is 20.8 Å². The molecule has 2 heteroatoms. The van der Waals surface area contributed by atoms with Crippen LogP contribution in [0.3, 0.4) is 0 Å².